The van der Waals surface area contributed by atoms with Crippen LogP contribution < -0.4 is 11.2 Å². The lowest BCUT2D eigenvalue weighted by Gasteiger charge is -2.42. The molecule has 3 atom stereocenters. The number of likely N-dealkylation sites (N-methyl/N-ethyl adjacent to an activating group) is 2. The molecule has 41 heavy (non-hydrogen) atoms. The number of esters is 1. The van der Waals surface area contributed by atoms with Crippen LogP contribution >= 0.6 is 7.82 Å². The summed E-state index contributed by atoms with van der Waals surface area (Å²) in [5, 5.41) is 0. The topological polar surface area (TPSA) is 157 Å². The molecule has 0 amide bonds. The third kappa shape index (κ3) is 10.1. The lowest BCUT2D eigenvalue weighted by molar-refractivity contribution is -0.977. The van der Waals surface area contributed by atoms with Crippen LogP contribution in [0.4, 0.5) is 0 Å². The first-order chi connectivity index (χ1) is 19.3. The molecule has 2 rings (SSSR count). The van der Waals surface area contributed by atoms with E-state index in [9.17, 15) is 18.9 Å². The second kappa shape index (κ2) is 15.6. The fraction of sp³-hybridized carbons (Fsp3) is 0.815. The maximum Gasteiger partial charge on any atom is 0.469 e. The van der Waals surface area contributed by atoms with Gasteiger partial charge in [0, 0.05) is 24.6 Å². The summed E-state index contributed by atoms with van der Waals surface area (Å²) < 4.78 is 30.6. The van der Waals surface area contributed by atoms with Gasteiger partial charge < -0.3 is 28.2 Å². The first-order valence-corrected chi connectivity index (χ1v) is 16.4. The summed E-state index contributed by atoms with van der Waals surface area (Å²) in [5.41, 5.74) is -0.940. The van der Waals surface area contributed by atoms with Gasteiger partial charge in [0.1, 0.15) is 31.5 Å². The number of carbonyl (C=O) groups excluding carboxylic acids is 1. The van der Waals surface area contributed by atoms with Gasteiger partial charge in [-0.25, -0.2) is 9.36 Å². The van der Waals surface area contributed by atoms with Crippen LogP contribution in [0.15, 0.2) is 15.8 Å². The van der Waals surface area contributed by atoms with Crippen molar-refractivity contribution in [1.29, 1.82) is 0 Å². The van der Waals surface area contributed by atoms with Crippen LogP contribution in [0.1, 0.15) is 72.1 Å². The average molecular weight is 607 g/mol. The molecular weight excluding hydrogens is 555 g/mol. The Morgan fingerprint density at radius 1 is 1.02 bits per heavy atom. The molecule has 0 radical (unpaired) electrons. The van der Waals surface area contributed by atoms with Crippen LogP contribution in [-0.2, 0) is 23.4 Å². The van der Waals surface area contributed by atoms with Crippen molar-refractivity contribution in [2.45, 2.75) is 85.7 Å². The fourth-order valence-electron chi connectivity index (χ4n) is 5.60. The van der Waals surface area contributed by atoms with E-state index in [2.05, 4.69) is 44.1 Å². The van der Waals surface area contributed by atoms with Crippen molar-refractivity contribution in [3.8, 4) is 0 Å². The molecule has 0 bridgehead atoms. The van der Waals surface area contributed by atoms with Crippen molar-refractivity contribution < 1.29 is 42.1 Å². The smallest absolute Gasteiger partial charge is 0.459 e. The zero-order valence-electron chi connectivity index (χ0n) is 25.5. The largest absolute Gasteiger partial charge is 0.469 e. The molecule has 1 aliphatic rings. The van der Waals surface area contributed by atoms with E-state index >= 15 is 0 Å². The standard InChI is InChI=1S/C27H49N4O9P/c1-7-30(8-2,9-3)16-17-31(10-4,11-5)15-13-12-14-25(32)40-22-18-24(39-23(22)20-38-41(35,36)37)29-19-21(6)26(33)28-27(29)34/h19,22-24H,7-18,20H2,1-6H3,(H-2,28,33,34,35,36,37)/p+2/t22-,23+,24+/m0/s1. The molecule has 1 aromatic rings. The minimum absolute atomic E-state index is 0.0598. The van der Waals surface area contributed by atoms with Crippen molar-refractivity contribution in [2.75, 3.05) is 59.0 Å². The Balaban J connectivity index is 1.99. The molecule has 14 heteroatoms. The Morgan fingerprint density at radius 2 is 1.61 bits per heavy atom. The molecule has 3 N–H and O–H groups in total. The third-order valence-corrected chi connectivity index (χ3v) is 9.48. The normalized spacial score (nSPS) is 20.0. The minimum Gasteiger partial charge on any atom is -0.459 e. The quantitative estimate of drug-likeness (QED) is 0.0985. The number of phosphoric ester groups is 1. The molecule has 236 valence electrons. The predicted octanol–water partition coefficient (Wildman–Crippen LogP) is 2.06. The third-order valence-electron chi connectivity index (χ3n) is 8.99. The van der Waals surface area contributed by atoms with Gasteiger partial charge in [0.25, 0.3) is 5.56 Å². The summed E-state index contributed by atoms with van der Waals surface area (Å²) in [7, 11) is -4.80. The van der Waals surface area contributed by atoms with Gasteiger partial charge in [-0.2, -0.15) is 0 Å². The summed E-state index contributed by atoms with van der Waals surface area (Å²) in [6, 6.07) is 0. The van der Waals surface area contributed by atoms with Gasteiger partial charge in [0.05, 0.1) is 45.9 Å². The van der Waals surface area contributed by atoms with Crippen LogP contribution in [0.3, 0.4) is 0 Å². The second-order valence-corrected chi connectivity index (χ2v) is 12.3. The molecule has 1 aromatic heterocycles. The molecule has 0 aromatic carbocycles. The number of nitrogens with one attached hydrogen (secondary N) is 1. The number of H-pyrrole nitrogens is 1. The number of rotatable bonds is 18. The van der Waals surface area contributed by atoms with E-state index in [1.165, 1.54) is 17.7 Å². The molecule has 13 nitrogen and oxygen atoms in total. The predicted molar refractivity (Wildman–Crippen MR) is 154 cm³/mol. The molecule has 0 spiro atoms. The Labute approximate surface area is 242 Å². The van der Waals surface area contributed by atoms with Crippen LogP contribution in [0.25, 0.3) is 0 Å². The van der Waals surface area contributed by atoms with Crippen molar-refractivity contribution in [3.05, 3.63) is 32.6 Å². The van der Waals surface area contributed by atoms with E-state index in [4.69, 9.17) is 19.3 Å². The Bertz CT molecular complexity index is 1130. The molecule has 1 saturated heterocycles. The number of phosphoric acid groups is 1. The summed E-state index contributed by atoms with van der Waals surface area (Å²) in [4.78, 5) is 57.4. The molecule has 1 fully saturated rings. The van der Waals surface area contributed by atoms with Gasteiger partial charge in [-0.15, -0.1) is 0 Å². The lowest BCUT2D eigenvalue weighted by atomic mass is 10.1. The van der Waals surface area contributed by atoms with E-state index in [0.717, 1.165) is 67.7 Å². The highest BCUT2D eigenvalue weighted by molar-refractivity contribution is 7.46. The number of quaternary nitrogens is 2. The summed E-state index contributed by atoms with van der Waals surface area (Å²) in [5.74, 6) is -0.449. The number of nitrogens with zero attached hydrogens (tertiary/aromatic N) is 3. The number of hydrogen-bond acceptors (Lipinski definition) is 7. The Morgan fingerprint density at radius 3 is 2.17 bits per heavy atom. The summed E-state index contributed by atoms with van der Waals surface area (Å²) in [6.07, 6.45) is 0.300. The van der Waals surface area contributed by atoms with Gasteiger partial charge in [-0.3, -0.25) is 23.7 Å². The van der Waals surface area contributed by atoms with Gasteiger partial charge >= 0.3 is 19.5 Å². The molecule has 1 aliphatic heterocycles. The Hall–Kier alpha value is -1.86. The van der Waals surface area contributed by atoms with Gasteiger partial charge in [0.15, 0.2) is 0 Å². The van der Waals surface area contributed by atoms with E-state index in [-0.39, 0.29) is 18.4 Å². The van der Waals surface area contributed by atoms with Crippen molar-refractivity contribution in [2.24, 2.45) is 0 Å². The van der Waals surface area contributed by atoms with Crippen LogP contribution in [0, 0.1) is 6.92 Å². The van der Waals surface area contributed by atoms with E-state index in [1.807, 2.05) is 0 Å². The van der Waals surface area contributed by atoms with Gasteiger partial charge in [0.2, 0.25) is 0 Å². The van der Waals surface area contributed by atoms with Crippen molar-refractivity contribution in [1.82, 2.24) is 9.55 Å². The highest BCUT2D eigenvalue weighted by Gasteiger charge is 2.40. The zero-order valence-corrected chi connectivity index (χ0v) is 26.4. The number of carbonyl (C=O) groups is 1. The fourth-order valence-corrected chi connectivity index (χ4v) is 5.94. The molecular formula is C27H51N4O9P+2. The maximum atomic E-state index is 12.8. The number of aryl methyl sites for hydroxylation is 1. The molecule has 2 heterocycles. The van der Waals surface area contributed by atoms with Gasteiger partial charge in [-0.05, 0) is 54.4 Å². The first-order valence-electron chi connectivity index (χ1n) is 14.8. The van der Waals surface area contributed by atoms with Crippen molar-refractivity contribution in [3.63, 3.8) is 0 Å². The number of ether oxygens (including phenoxy) is 2. The highest BCUT2D eigenvalue weighted by Crippen LogP contribution is 2.38. The molecule has 0 saturated carbocycles. The van der Waals surface area contributed by atoms with E-state index in [0.29, 0.717) is 6.42 Å². The Kier molecular flexibility index (Phi) is 13.4. The number of hydrogen-bond donors (Lipinski definition) is 3. The average Bonchev–Trinajstić information content (AvgIpc) is 3.33. The highest BCUT2D eigenvalue weighted by atomic mass is 31.2. The summed E-state index contributed by atoms with van der Waals surface area (Å²) in [6.45, 7) is 20.8. The zero-order chi connectivity index (χ0) is 30.8. The number of unbranched alkanes of at least 4 members (excludes halogenated alkanes) is 1. The SMILES string of the molecule is CC[N+](CC)(CC)CC[N+](CC)(CC)CCCCC(=O)O[C@H]1C[C@H](n2cc(C)c(=O)[nH]c2=O)O[C@@H]1COP(=O)(O)O. The van der Waals surface area contributed by atoms with Gasteiger partial charge in [-0.1, -0.05) is 0 Å². The number of aromatic nitrogens is 2. The van der Waals surface area contributed by atoms with Crippen LogP contribution in [0.2, 0.25) is 0 Å². The maximum absolute atomic E-state index is 12.8. The molecule has 0 aliphatic carbocycles. The minimum atomic E-state index is -4.80. The van der Waals surface area contributed by atoms with Crippen LogP contribution in [-0.4, -0.2) is 105 Å². The lowest BCUT2D eigenvalue weighted by Crippen LogP contribution is -2.57. The first kappa shape index (κ1) is 35.3. The second-order valence-electron chi connectivity index (χ2n) is 11.1. The molecule has 0 unspecified atom stereocenters. The van der Waals surface area contributed by atoms with Crippen LogP contribution in [0.5, 0.6) is 0 Å². The number of aromatic amines is 1. The summed E-state index contributed by atoms with van der Waals surface area (Å²) >= 11 is 0. The van der Waals surface area contributed by atoms with E-state index in [1.54, 1.807) is 0 Å². The van der Waals surface area contributed by atoms with Crippen molar-refractivity contribution >= 4 is 13.8 Å². The monoisotopic (exact) mass is 606 g/mol. The van der Waals surface area contributed by atoms with E-state index < -0.39 is 50.1 Å².